The summed E-state index contributed by atoms with van der Waals surface area (Å²) in [7, 11) is 0. The number of ketones is 4. The number of carbonyl (C=O) groups is 6. The van der Waals surface area contributed by atoms with Gasteiger partial charge in [-0.05, 0) is 12.8 Å². The van der Waals surface area contributed by atoms with Crippen molar-refractivity contribution in [3.05, 3.63) is 0 Å². The molecule has 11 heteroatoms. The minimum Gasteiger partial charge on any atom is -0.550 e. The Kier molecular flexibility index (Phi) is 23.8. The molecule has 0 radical (unpaired) electrons. The largest absolute Gasteiger partial charge is 0.550 e. The monoisotopic (exact) mass is 522 g/mol. The van der Waals surface area contributed by atoms with Crippen LogP contribution in [0.2, 0.25) is 0 Å². The van der Waals surface area contributed by atoms with Crippen LogP contribution < -0.4 is 10.2 Å². The Bertz CT molecular complexity index is 539. The van der Waals surface area contributed by atoms with E-state index in [1.165, 1.54) is 13.8 Å². The number of hydrogen-bond donors (Lipinski definition) is 0. The molecule has 2 atom stereocenters. The van der Waals surface area contributed by atoms with E-state index in [4.69, 9.17) is 5.63 Å². The summed E-state index contributed by atoms with van der Waals surface area (Å²) in [6.07, 6.45) is 0.415. The molecule has 0 rings (SSSR count). The van der Waals surface area contributed by atoms with Crippen molar-refractivity contribution in [3.8, 4) is 0 Å². The van der Waals surface area contributed by atoms with Crippen LogP contribution in [0.25, 0.3) is 0 Å². The quantitative estimate of drug-likeness (QED) is 0.280. The fraction of sp³-hybridized carbons (Fsp3) is 0.700. The second kappa shape index (κ2) is 21.6. The number of hydrogen-bond acceptors (Lipinski definition) is 10. The van der Waals surface area contributed by atoms with Crippen molar-refractivity contribution in [1.82, 2.24) is 0 Å². The van der Waals surface area contributed by atoms with Crippen LogP contribution in [0, 0.1) is 0 Å². The minimum absolute atomic E-state index is 0.0139. The first-order valence-corrected chi connectivity index (χ1v) is 11.8. The number of Topliss-reactive ketones (excluding diaryl/α,β-unsaturated/α-hetero) is 4. The van der Waals surface area contributed by atoms with E-state index < -0.39 is 61.1 Å². The summed E-state index contributed by atoms with van der Waals surface area (Å²) in [6.45, 7) is 9.97. The van der Waals surface area contributed by atoms with Crippen LogP contribution >= 0.6 is 0 Å². The molecule has 0 N–H and O–H groups in total. The second-order valence-corrected chi connectivity index (χ2v) is 8.07. The van der Waals surface area contributed by atoms with Gasteiger partial charge >= 0.3 is 90.8 Å². The summed E-state index contributed by atoms with van der Waals surface area (Å²) in [5.41, 5.74) is 0. The van der Waals surface area contributed by atoms with Gasteiger partial charge in [0.25, 0.3) is 0 Å². The molecule has 0 bridgehead atoms. The van der Waals surface area contributed by atoms with E-state index in [0.29, 0.717) is 25.7 Å². The van der Waals surface area contributed by atoms with Crippen LogP contribution in [0.15, 0.2) is 0 Å². The Balaban J connectivity index is -0.000000390. The zero-order valence-electron chi connectivity index (χ0n) is 19.0. The maximum absolute atomic E-state index is 10.7. The van der Waals surface area contributed by atoms with Crippen molar-refractivity contribution in [2.45, 2.75) is 92.3 Å². The van der Waals surface area contributed by atoms with E-state index in [2.05, 4.69) is 0 Å². The molecule has 0 saturated carbocycles. The van der Waals surface area contributed by atoms with E-state index >= 15 is 0 Å². The SMILES string of the molecule is CC(=O)C(C)[O][Zr+2][O]C(C)C(C)=O.CCCC(=O)CC(=O)[O-].CCCC(=O)CC(=O)[O-]. The van der Waals surface area contributed by atoms with Crippen molar-refractivity contribution < 1.29 is 68.7 Å². The molecule has 0 fully saturated rings. The van der Waals surface area contributed by atoms with Crippen LogP contribution in [0.1, 0.15) is 80.1 Å². The molecule has 0 heterocycles. The third-order valence-electron chi connectivity index (χ3n) is 3.34. The smallest absolute Gasteiger partial charge is 0.138 e. The predicted octanol–water partition coefficient (Wildman–Crippen LogP) is -0.122. The predicted molar refractivity (Wildman–Crippen MR) is 102 cm³/mol. The van der Waals surface area contributed by atoms with Gasteiger partial charge in [0.15, 0.2) is 0 Å². The summed E-state index contributed by atoms with van der Waals surface area (Å²) < 4.78 is 10.3. The summed E-state index contributed by atoms with van der Waals surface area (Å²) in [5.74, 6) is -3.10. The van der Waals surface area contributed by atoms with E-state index in [1.54, 1.807) is 13.8 Å². The summed E-state index contributed by atoms with van der Waals surface area (Å²) in [4.78, 5) is 61.8. The molecule has 0 aliphatic carbocycles. The van der Waals surface area contributed by atoms with Crippen molar-refractivity contribution in [2.75, 3.05) is 0 Å². The number of rotatable bonds is 14. The van der Waals surface area contributed by atoms with Gasteiger partial charge in [0.05, 0.1) is 0 Å². The zero-order chi connectivity index (χ0) is 25.0. The maximum Gasteiger partial charge on any atom is 0.138 e. The first kappa shape index (κ1) is 34.0. The average molecular weight is 524 g/mol. The van der Waals surface area contributed by atoms with Gasteiger partial charge in [-0.1, -0.05) is 13.8 Å². The van der Waals surface area contributed by atoms with Gasteiger partial charge in [0.2, 0.25) is 0 Å². The molecule has 0 spiro atoms. The molecule has 2 unspecified atom stereocenters. The van der Waals surface area contributed by atoms with Crippen LogP contribution in [-0.2, 0) is 58.5 Å². The number of carboxylic acids is 2. The van der Waals surface area contributed by atoms with Gasteiger partial charge in [0, 0.05) is 37.6 Å². The molecule has 0 aliphatic heterocycles. The molecule has 0 saturated heterocycles. The molecule has 0 amide bonds. The summed E-state index contributed by atoms with van der Waals surface area (Å²) in [6, 6.07) is 0. The first-order valence-electron chi connectivity index (χ1n) is 9.78. The number of carboxylic acid groups (broad SMARTS) is 2. The van der Waals surface area contributed by atoms with E-state index in [1.807, 2.05) is 13.8 Å². The van der Waals surface area contributed by atoms with Gasteiger partial charge in [-0.25, -0.2) is 0 Å². The van der Waals surface area contributed by atoms with Gasteiger partial charge in [-0.3, -0.25) is 9.59 Å². The molecule has 0 aromatic rings. The third kappa shape index (κ3) is 28.4. The molecule has 31 heavy (non-hydrogen) atoms. The molecule has 0 aliphatic rings. The Morgan fingerprint density at radius 3 is 1.19 bits per heavy atom. The summed E-state index contributed by atoms with van der Waals surface area (Å²) in [5, 5.41) is 19.5. The van der Waals surface area contributed by atoms with Crippen molar-refractivity contribution in [2.24, 2.45) is 0 Å². The van der Waals surface area contributed by atoms with Gasteiger partial charge in [-0.15, -0.1) is 0 Å². The molecule has 0 aromatic heterocycles. The normalized spacial score (nSPS) is 11.3. The molecule has 0 aromatic carbocycles. The van der Waals surface area contributed by atoms with Crippen LogP contribution in [0.5, 0.6) is 0 Å². The van der Waals surface area contributed by atoms with Crippen molar-refractivity contribution in [1.29, 1.82) is 0 Å². The van der Waals surface area contributed by atoms with Crippen molar-refractivity contribution >= 4 is 35.1 Å². The third-order valence-corrected chi connectivity index (χ3v) is 5.55. The molecule has 176 valence electrons. The van der Waals surface area contributed by atoms with Crippen molar-refractivity contribution in [3.63, 3.8) is 0 Å². The van der Waals surface area contributed by atoms with Gasteiger partial charge in [-0.2, -0.15) is 0 Å². The number of aliphatic carboxylic acids is 2. The topological polar surface area (TPSA) is 167 Å². The molecular formula is C20H32O10Zr. The molecular weight excluding hydrogens is 491 g/mol. The Morgan fingerprint density at radius 1 is 0.710 bits per heavy atom. The van der Waals surface area contributed by atoms with E-state index in [0.717, 1.165) is 0 Å². The standard InChI is InChI=1S/2C6H10O3.2C4H7O2.Zr/c2*1-2-3-5(7)4-6(8)9;2*1-3(5)4(2)6;/h2*2-4H2,1H3,(H,8,9);2*3H,1-2H3;/q;;2*-1;+4/p-2. The number of carbonyl (C=O) groups excluding carboxylic acids is 6. The first-order chi connectivity index (χ1) is 14.3. The Labute approximate surface area is 195 Å². The zero-order valence-corrected chi connectivity index (χ0v) is 21.4. The van der Waals surface area contributed by atoms with Crippen LogP contribution in [0.4, 0.5) is 0 Å². The second-order valence-electron chi connectivity index (χ2n) is 6.50. The fourth-order valence-electron chi connectivity index (χ4n) is 1.39. The van der Waals surface area contributed by atoms with Crippen LogP contribution in [0.3, 0.4) is 0 Å². The van der Waals surface area contributed by atoms with Gasteiger partial charge < -0.3 is 19.8 Å². The fourth-order valence-corrected chi connectivity index (χ4v) is 3.06. The van der Waals surface area contributed by atoms with Gasteiger partial charge in [0.1, 0.15) is 11.6 Å². The van der Waals surface area contributed by atoms with E-state index in [9.17, 15) is 39.0 Å². The minimum atomic E-state index is -1.48. The average Bonchev–Trinajstić information content (AvgIpc) is 2.61. The molecule has 10 nitrogen and oxygen atoms in total. The summed E-state index contributed by atoms with van der Waals surface area (Å²) >= 11 is -1.48. The van der Waals surface area contributed by atoms with Crippen LogP contribution in [-0.4, -0.2) is 47.3 Å². The van der Waals surface area contributed by atoms with E-state index in [-0.39, 0.29) is 23.1 Å². The Hall–Kier alpha value is -1.58. The maximum atomic E-state index is 10.7. The Morgan fingerprint density at radius 2 is 1.00 bits per heavy atom.